The van der Waals surface area contributed by atoms with Gasteiger partial charge in [-0.1, -0.05) is 17.7 Å². The van der Waals surface area contributed by atoms with Gasteiger partial charge >= 0.3 is 0 Å². The van der Waals surface area contributed by atoms with E-state index in [4.69, 9.17) is 11.6 Å². The summed E-state index contributed by atoms with van der Waals surface area (Å²) in [6, 6.07) is 6.07. The number of hydrogen-bond acceptors (Lipinski definition) is 1. The van der Waals surface area contributed by atoms with Crippen molar-refractivity contribution in [3.05, 3.63) is 33.3 Å². The minimum atomic E-state index is 0.184. The molecule has 0 spiro atoms. The molecule has 0 radical (unpaired) electrons. The van der Waals surface area contributed by atoms with E-state index in [-0.39, 0.29) is 5.54 Å². The van der Waals surface area contributed by atoms with Gasteiger partial charge in [0.2, 0.25) is 0 Å². The fourth-order valence-corrected chi connectivity index (χ4v) is 1.82. The van der Waals surface area contributed by atoms with E-state index in [1.165, 1.54) is 5.56 Å². The van der Waals surface area contributed by atoms with Crippen LogP contribution in [-0.4, -0.2) is 12.1 Å². The van der Waals surface area contributed by atoms with E-state index in [1.54, 1.807) is 0 Å². The summed E-state index contributed by atoms with van der Waals surface area (Å²) in [4.78, 5) is 0. The lowest BCUT2D eigenvalue weighted by Crippen LogP contribution is -2.37. The molecule has 1 aromatic rings. The van der Waals surface area contributed by atoms with Crippen molar-refractivity contribution in [3.63, 3.8) is 0 Å². The molecular formula is C12H17BrClN. The summed E-state index contributed by atoms with van der Waals surface area (Å²) in [6.07, 6.45) is 1.02. The Labute approximate surface area is 105 Å². The van der Waals surface area contributed by atoms with E-state index in [0.29, 0.717) is 0 Å². The van der Waals surface area contributed by atoms with E-state index in [0.717, 1.165) is 22.5 Å². The van der Waals surface area contributed by atoms with Gasteiger partial charge in [0.05, 0.1) is 5.02 Å². The summed E-state index contributed by atoms with van der Waals surface area (Å²) in [5.74, 6) is 0. The monoisotopic (exact) mass is 289 g/mol. The second kappa shape index (κ2) is 5.33. The Morgan fingerprint density at radius 1 is 1.33 bits per heavy atom. The average Bonchev–Trinajstić information content (AvgIpc) is 2.09. The Kier molecular flexibility index (Phi) is 4.63. The molecule has 1 N–H and O–H groups in total. The van der Waals surface area contributed by atoms with Crippen molar-refractivity contribution < 1.29 is 0 Å². The third-order valence-electron chi connectivity index (χ3n) is 2.05. The molecule has 0 saturated heterocycles. The van der Waals surface area contributed by atoms with E-state index < -0.39 is 0 Å². The van der Waals surface area contributed by atoms with E-state index >= 15 is 0 Å². The summed E-state index contributed by atoms with van der Waals surface area (Å²) < 4.78 is 0.970. The normalized spacial score (nSPS) is 11.8. The lowest BCUT2D eigenvalue weighted by Gasteiger charge is -2.20. The highest BCUT2D eigenvalue weighted by Gasteiger charge is 2.07. The van der Waals surface area contributed by atoms with Crippen LogP contribution in [0.25, 0.3) is 0 Å². The van der Waals surface area contributed by atoms with Crippen LogP contribution in [0.15, 0.2) is 22.7 Å². The second-order valence-corrected chi connectivity index (χ2v) is 5.94. The zero-order chi connectivity index (χ0) is 11.5. The fourth-order valence-electron chi connectivity index (χ4n) is 1.28. The molecular weight excluding hydrogens is 273 g/mol. The Morgan fingerprint density at radius 2 is 2.00 bits per heavy atom. The van der Waals surface area contributed by atoms with Crippen molar-refractivity contribution in [3.8, 4) is 0 Å². The molecule has 0 aliphatic heterocycles. The van der Waals surface area contributed by atoms with Crippen LogP contribution in [0, 0.1) is 0 Å². The summed E-state index contributed by atoms with van der Waals surface area (Å²) >= 11 is 9.35. The lowest BCUT2D eigenvalue weighted by atomic mass is 10.1. The van der Waals surface area contributed by atoms with Crippen LogP contribution < -0.4 is 5.32 Å². The standard InChI is InChI=1S/C12H17BrClN/c1-12(2,3)15-7-6-9-4-5-11(14)10(13)8-9/h4-5,8,15H,6-7H2,1-3H3. The molecule has 1 aromatic carbocycles. The predicted octanol–water partition coefficient (Wildman–Crippen LogP) is 4.03. The van der Waals surface area contributed by atoms with Crippen LogP contribution in [0.2, 0.25) is 5.02 Å². The van der Waals surface area contributed by atoms with E-state index in [9.17, 15) is 0 Å². The molecule has 0 unspecified atom stereocenters. The molecule has 0 fully saturated rings. The molecule has 0 aliphatic rings. The molecule has 0 heterocycles. The molecule has 0 saturated carbocycles. The van der Waals surface area contributed by atoms with Gasteiger partial charge < -0.3 is 5.32 Å². The first kappa shape index (κ1) is 13.0. The minimum absolute atomic E-state index is 0.184. The molecule has 0 amide bonds. The van der Waals surface area contributed by atoms with Crippen molar-refractivity contribution in [1.29, 1.82) is 0 Å². The molecule has 84 valence electrons. The molecule has 1 nitrogen and oxygen atoms in total. The van der Waals surface area contributed by atoms with E-state index in [2.05, 4.69) is 54.2 Å². The number of nitrogens with one attached hydrogen (secondary N) is 1. The maximum absolute atomic E-state index is 5.92. The Balaban J connectivity index is 2.48. The highest BCUT2D eigenvalue weighted by molar-refractivity contribution is 9.10. The van der Waals surface area contributed by atoms with Gasteiger partial charge in [0.25, 0.3) is 0 Å². The van der Waals surface area contributed by atoms with Crippen molar-refractivity contribution in [2.24, 2.45) is 0 Å². The van der Waals surface area contributed by atoms with Gasteiger partial charge in [-0.2, -0.15) is 0 Å². The maximum atomic E-state index is 5.92. The number of benzene rings is 1. The maximum Gasteiger partial charge on any atom is 0.0548 e. The first-order valence-electron chi connectivity index (χ1n) is 5.07. The van der Waals surface area contributed by atoms with Crippen molar-refractivity contribution in [2.75, 3.05) is 6.54 Å². The molecule has 3 heteroatoms. The molecule has 0 aliphatic carbocycles. The van der Waals surface area contributed by atoms with Gasteiger partial charge in [-0.15, -0.1) is 0 Å². The number of halogens is 2. The Hall–Kier alpha value is -0.0500. The van der Waals surface area contributed by atoms with Gasteiger partial charge in [0.1, 0.15) is 0 Å². The second-order valence-electron chi connectivity index (χ2n) is 4.68. The predicted molar refractivity (Wildman–Crippen MR) is 70.6 cm³/mol. The molecule has 0 bridgehead atoms. The van der Waals surface area contributed by atoms with Gasteiger partial charge in [0.15, 0.2) is 0 Å². The van der Waals surface area contributed by atoms with Crippen molar-refractivity contribution in [1.82, 2.24) is 5.32 Å². The summed E-state index contributed by atoms with van der Waals surface area (Å²) in [5, 5.41) is 4.22. The van der Waals surface area contributed by atoms with Crippen LogP contribution in [0.5, 0.6) is 0 Å². The van der Waals surface area contributed by atoms with Crippen LogP contribution in [0.3, 0.4) is 0 Å². The van der Waals surface area contributed by atoms with Gasteiger partial charge in [-0.25, -0.2) is 0 Å². The van der Waals surface area contributed by atoms with Crippen molar-refractivity contribution in [2.45, 2.75) is 32.7 Å². The zero-order valence-corrected chi connectivity index (χ0v) is 11.7. The summed E-state index contributed by atoms with van der Waals surface area (Å²) in [5.41, 5.74) is 1.48. The van der Waals surface area contributed by atoms with Crippen LogP contribution >= 0.6 is 27.5 Å². The topological polar surface area (TPSA) is 12.0 Å². The number of rotatable bonds is 3. The molecule has 0 aromatic heterocycles. The SMILES string of the molecule is CC(C)(C)NCCc1ccc(Cl)c(Br)c1. The first-order chi connectivity index (χ1) is 6.88. The zero-order valence-electron chi connectivity index (χ0n) is 9.40. The third-order valence-corrected chi connectivity index (χ3v) is 3.27. The Morgan fingerprint density at radius 3 is 2.53 bits per heavy atom. The summed E-state index contributed by atoms with van der Waals surface area (Å²) in [6.45, 7) is 7.50. The minimum Gasteiger partial charge on any atom is -0.312 e. The average molecular weight is 291 g/mol. The highest BCUT2D eigenvalue weighted by Crippen LogP contribution is 2.23. The van der Waals surface area contributed by atoms with Crippen LogP contribution in [-0.2, 0) is 6.42 Å². The van der Waals surface area contributed by atoms with Gasteiger partial charge in [-0.3, -0.25) is 0 Å². The third kappa shape index (κ3) is 5.01. The molecule has 0 atom stereocenters. The fraction of sp³-hybridized carbons (Fsp3) is 0.500. The first-order valence-corrected chi connectivity index (χ1v) is 6.24. The quantitative estimate of drug-likeness (QED) is 0.886. The van der Waals surface area contributed by atoms with Crippen LogP contribution in [0.1, 0.15) is 26.3 Å². The lowest BCUT2D eigenvalue weighted by molar-refractivity contribution is 0.429. The molecule has 15 heavy (non-hydrogen) atoms. The van der Waals surface area contributed by atoms with Gasteiger partial charge in [0, 0.05) is 10.0 Å². The largest absolute Gasteiger partial charge is 0.312 e. The van der Waals surface area contributed by atoms with Crippen molar-refractivity contribution >= 4 is 27.5 Å². The number of hydrogen-bond donors (Lipinski definition) is 1. The van der Waals surface area contributed by atoms with Gasteiger partial charge in [-0.05, 0) is 67.4 Å². The van der Waals surface area contributed by atoms with Crippen LogP contribution in [0.4, 0.5) is 0 Å². The van der Waals surface area contributed by atoms with E-state index in [1.807, 2.05) is 6.07 Å². The Bertz CT molecular complexity index is 331. The molecule has 1 rings (SSSR count). The summed E-state index contributed by atoms with van der Waals surface area (Å²) in [7, 11) is 0. The smallest absolute Gasteiger partial charge is 0.0548 e. The highest BCUT2D eigenvalue weighted by atomic mass is 79.9.